The van der Waals surface area contributed by atoms with E-state index in [1.807, 2.05) is 61.0 Å². The standard InChI is InChI=1S/C28H27BrN6O4S2/c1-34-24(15-30-27(37)23-8-5-13-40-23)31-32-28(34)41-16-25(36)35-21(19-6-4-7-22(38-2)26(19)39-3)14-20(33-35)17-9-11-18(29)12-10-17/h4-13,21H,14-16H2,1-3H3,(H,30,37). The molecule has 0 saturated carbocycles. The monoisotopic (exact) mass is 654 g/mol. The summed E-state index contributed by atoms with van der Waals surface area (Å²) < 4.78 is 13.9. The van der Waals surface area contributed by atoms with Gasteiger partial charge in [0.25, 0.3) is 11.8 Å². The van der Waals surface area contributed by atoms with Crippen molar-refractivity contribution in [3.8, 4) is 11.5 Å². The number of hydrazone groups is 1. The summed E-state index contributed by atoms with van der Waals surface area (Å²) in [5.74, 6) is 1.47. The van der Waals surface area contributed by atoms with Gasteiger partial charge in [0.05, 0.1) is 43.1 Å². The number of aromatic nitrogens is 3. The number of methoxy groups -OCH3 is 2. The van der Waals surface area contributed by atoms with E-state index in [2.05, 4.69) is 31.4 Å². The van der Waals surface area contributed by atoms with Crippen LogP contribution >= 0.6 is 39.0 Å². The molecule has 0 fully saturated rings. The molecule has 0 spiro atoms. The van der Waals surface area contributed by atoms with Crippen LogP contribution in [-0.2, 0) is 18.4 Å². The number of nitrogens with zero attached hydrogens (tertiary/aromatic N) is 5. The lowest BCUT2D eigenvalue weighted by molar-refractivity contribution is -0.130. The second-order valence-electron chi connectivity index (χ2n) is 9.00. The molecule has 41 heavy (non-hydrogen) atoms. The van der Waals surface area contributed by atoms with Crippen molar-refractivity contribution in [2.45, 2.75) is 24.2 Å². The number of thioether (sulfide) groups is 1. The van der Waals surface area contributed by atoms with Gasteiger partial charge in [-0.1, -0.05) is 58.0 Å². The number of amides is 2. The first-order chi connectivity index (χ1) is 19.9. The van der Waals surface area contributed by atoms with E-state index in [9.17, 15) is 9.59 Å². The number of nitrogens with one attached hydrogen (secondary N) is 1. The van der Waals surface area contributed by atoms with Crippen LogP contribution in [0, 0.1) is 0 Å². The SMILES string of the molecule is COc1cccc(C2CC(c3ccc(Br)cc3)=NN2C(=O)CSc2nnc(CNC(=O)c3cccs3)n2C)c1OC. The Morgan fingerprint density at radius 1 is 1.10 bits per heavy atom. The maximum absolute atomic E-state index is 13.7. The number of halogens is 1. The molecule has 0 saturated heterocycles. The minimum atomic E-state index is -0.380. The smallest absolute Gasteiger partial charge is 0.261 e. The average molecular weight is 656 g/mol. The molecular weight excluding hydrogens is 628 g/mol. The summed E-state index contributed by atoms with van der Waals surface area (Å²) in [6, 6.07) is 16.7. The number of thiophene rings is 1. The maximum Gasteiger partial charge on any atom is 0.261 e. The number of ether oxygens (including phenoxy) is 2. The molecule has 3 heterocycles. The number of para-hydroxylation sites is 1. The molecule has 13 heteroatoms. The highest BCUT2D eigenvalue weighted by atomic mass is 79.9. The van der Waals surface area contributed by atoms with Crippen molar-refractivity contribution in [1.29, 1.82) is 0 Å². The van der Waals surface area contributed by atoms with Crippen molar-refractivity contribution in [2.24, 2.45) is 12.1 Å². The minimum absolute atomic E-state index is 0.0907. The van der Waals surface area contributed by atoms with E-state index in [1.54, 1.807) is 24.9 Å². The molecule has 10 nitrogen and oxygen atoms in total. The van der Waals surface area contributed by atoms with Crippen molar-refractivity contribution in [3.05, 3.63) is 86.3 Å². The Hall–Kier alpha value is -3.68. The van der Waals surface area contributed by atoms with E-state index in [0.29, 0.717) is 33.8 Å². The van der Waals surface area contributed by atoms with Gasteiger partial charge in [0.15, 0.2) is 22.5 Å². The number of hydrogen-bond donors (Lipinski definition) is 1. The van der Waals surface area contributed by atoms with Gasteiger partial charge in [0.1, 0.15) is 0 Å². The molecule has 1 aliphatic rings. The Kier molecular flexibility index (Phi) is 9.06. The molecule has 0 bridgehead atoms. The van der Waals surface area contributed by atoms with Gasteiger partial charge >= 0.3 is 0 Å². The largest absolute Gasteiger partial charge is 0.493 e. The highest BCUT2D eigenvalue weighted by Gasteiger charge is 2.35. The molecule has 5 rings (SSSR count). The molecule has 212 valence electrons. The predicted molar refractivity (Wildman–Crippen MR) is 162 cm³/mol. The van der Waals surface area contributed by atoms with Gasteiger partial charge in [-0.3, -0.25) is 9.59 Å². The van der Waals surface area contributed by atoms with Crippen molar-refractivity contribution in [2.75, 3.05) is 20.0 Å². The summed E-state index contributed by atoms with van der Waals surface area (Å²) in [5, 5.41) is 20.0. The molecule has 0 aliphatic carbocycles. The first kappa shape index (κ1) is 28.8. The van der Waals surface area contributed by atoms with Crippen LogP contribution in [0.15, 0.2) is 74.7 Å². The number of benzene rings is 2. The van der Waals surface area contributed by atoms with E-state index in [1.165, 1.54) is 28.1 Å². The van der Waals surface area contributed by atoms with Gasteiger partial charge in [0, 0.05) is 23.5 Å². The molecule has 2 aromatic carbocycles. The molecule has 2 amide bonds. The van der Waals surface area contributed by atoms with Gasteiger partial charge < -0.3 is 19.4 Å². The molecule has 1 unspecified atom stereocenters. The second-order valence-corrected chi connectivity index (χ2v) is 11.8. The van der Waals surface area contributed by atoms with Crippen LogP contribution in [0.3, 0.4) is 0 Å². The van der Waals surface area contributed by atoms with Crippen LogP contribution in [0.5, 0.6) is 11.5 Å². The molecule has 4 aromatic rings. The third-order valence-corrected chi connectivity index (χ3v) is 8.94. The Morgan fingerprint density at radius 3 is 2.61 bits per heavy atom. The van der Waals surface area contributed by atoms with Crippen LogP contribution in [0.1, 0.15) is 39.1 Å². The molecule has 0 radical (unpaired) electrons. The predicted octanol–water partition coefficient (Wildman–Crippen LogP) is 5.06. The summed E-state index contributed by atoms with van der Waals surface area (Å²) in [4.78, 5) is 26.6. The highest BCUT2D eigenvalue weighted by Crippen LogP contribution is 2.42. The Morgan fingerprint density at radius 2 is 1.90 bits per heavy atom. The summed E-state index contributed by atoms with van der Waals surface area (Å²) in [6.07, 6.45) is 0.514. The lowest BCUT2D eigenvalue weighted by Crippen LogP contribution is -2.29. The topological polar surface area (TPSA) is 111 Å². The third kappa shape index (κ3) is 6.31. The number of carbonyl (C=O) groups is 2. The summed E-state index contributed by atoms with van der Waals surface area (Å²) in [6.45, 7) is 0.222. The van der Waals surface area contributed by atoms with E-state index in [-0.39, 0.29) is 30.2 Å². The lowest BCUT2D eigenvalue weighted by atomic mass is 9.97. The van der Waals surface area contributed by atoms with Gasteiger partial charge in [-0.05, 0) is 35.2 Å². The Labute approximate surface area is 253 Å². The molecule has 2 aromatic heterocycles. The molecular formula is C28H27BrN6O4S2. The zero-order chi connectivity index (χ0) is 28.9. The third-order valence-electron chi connectivity index (χ3n) is 6.54. The van der Waals surface area contributed by atoms with E-state index >= 15 is 0 Å². The van der Waals surface area contributed by atoms with E-state index < -0.39 is 0 Å². The van der Waals surface area contributed by atoms with E-state index in [0.717, 1.165) is 21.3 Å². The van der Waals surface area contributed by atoms with Crippen LogP contribution in [-0.4, -0.2) is 57.3 Å². The fourth-order valence-corrected chi connectivity index (χ4v) is 6.13. The minimum Gasteiger partial charge on any atom is -0.493 e. The zero-order valence-electron chi connectivity index (χ0n) is 22.5. The second kappa shape index (κ2) is 12.9. The van der Waals surface area contributed by atoms with Crippen LogP contribution in [0.2, 0.25) is 0 Å². The normalized spacial score (nSPS) is 14.6. The van der Waals surface area contributed by atoms with Crippen LogP contribution in [0.4, 0.5) is 0 Å². The first-order valence-electron chi connectivity index (χ1n) is 12.6. The number of hydrogen-bond acceptors (Lipinski definition) is 9. The average Bonchev–Trinajstić information content (AvgIpc) is 3.75. The molecule has 1 N–H and O–H groups in total. The maximum atomic E-state index is 13.7. The summed E-state index contributed by atoms with van der Waals surface area (Å²) in [7, 11) is 4.98. The van der Waals surface area contributed by atoms with E-state index in [4.69, 9.17) is 14.6 Å². The fourth-order valence-electron chi connectivity index (χ4n) is 4.45. The van der Waals surface area contributed by atoms with Gasteiger partial charge in [-0.25, -0.2) is 5.01 Å². The number of carbonyl (C=O) groups excluding carboxylic acids is 2. The molecule has 1 aliphatic heterocycles. The van der Waals surface area contributed by atoms with Gasteiger partial charge in [-0.15, -0.1) is 21.5 Å². The van der Waals surface area contributed by atoms with Gasteiger partial charge in [-0.2, -0.15) is 5.10 Å². The lowest BCUT2D eigenvalue weighted by Gasteiger charge is -2.24. The highest BCUT2D eigenvalue weighted by molar-refractivity contribution is 9.10. The van der Waals surface area contributed by atoms with Crippen molar-refractivity contribution in [1.82, 2.24) is 25.1 Å². The van der Waals surface area contributed by atoms with Crippen molar-refractivity contribution >= 4 is 56.6 Å². The van der Waals surface area contributed by atoms with Crippen LogP contribution in [0.25, 0.3) is 0 Å². The zero-order valence-corrected chi connectivity index (χ0v) is 25.8. The first-order valence-corrected chi connectivity index (χ1v) is 15.2. The number of rotatable bonds is 10. The van der Waals surface area contributed by atoms with Crippen molar-refractivity contribution < 1.29 is 19.1 Å². The summed E-state index contributed by atoms with van der Waals surface area (Å²) in [5.41, 5.74) is 2.54. The quantitative estimate of drug-likeness (QED) is 0.238. The summed E-state index contributed by atoms with van der Waals surface area (Å²) >= 11 is 6.11. The fraction of sp³-hybridized carbons (Fsp3) is 0.250. The van der Waals surface area contributed by atoms with Crippen LogP contribution < -0.4 is 14.8 Å². The van der Waals surface area contributed by atoms with Gasteiger partial charge in [0.2, 0.25) is 0 Å². The Bertz CT molecular complexity index is 1570. The van der Waals surface area contributed by atoms with Crippen molar-refractivity contribution in [3.63, 3.8) is 0 Å². The Balaban J connectivity index is 1.33. The molecule has 1 atom stereocenters.